The van der Waals surface area contributed by atoms with E-state index in [1.54, 1.807) is 24.3 Å². The number of benzene rings is 1. The Kier molecular flexibility index (Phi) is 7.93. The lowest BCUT2D eigenvalue weighted by Gasteiger charge is -2.33. The molecule has 162 valence electrons. The lowest BCUT2D eigenvalue weighted by atomic mass is 10.0. The molecule has 7 nitrogen and oxygen atoms in total. The minimum atomic E-state index is -0.282. The molecule has 1 aromatic carbocycles. The van der Waals surface area contributed by atoms with Crippen LogP contribution in [0.1, 0.15) is 65.2 Å². The number of carbonyl (C=O) groups excluding carboxylic acids is 2. The number of nitrogens with zero attached hydrogens (tertiary/aromatic N) is 3. The molecule has 1 aliphatic rings. The summed E-state index contributed by atoms with van der Waals surface area (Å²) >= 11 is 1.32. The highest BCUT2D eigenvalue weighted by atomic mass is 32.1. The summed E-state index contributed by atoms with van der Waals surface area (Å²) in [6.45, 7) is 9.08. The number of rotatable bonds is 8. The summed E-state index contributed by atoms with van der Waals surface area (Å²) in [6, 6.07) is 7.50. The largest absolute Gasteiger partial charge is 0.351 e. The standard InChI is InChI=1S/C22H31N5O2S/c1-15(2)14-19-25-26-22(30-19)21(29)24-18-9-7-17(8-10-18)20(28)23-11-13-27-12-5-4-6-16(27)3/h7-10,15-16H,4-6,11-14H2,1-3H3,(H,23,28)(H,24,29)/t16-/m1/s1. The van der Waals surface area contributed by atoms with Gasteiger partial charge in [0.2, 0.25) is 5.01 Å². The van der Waals surface area contributed by atoms with Crippen LogP contribution in [0.25, 0.3) is 0 Å². The van der Waals surface area contributed by atoms with Gasteiger partial charge in [-0.25, -0.2) is 0 Å². The van der Waals surface area contributed by atoms with Crippen molar-refractivity contribution >= 4 is 28.8 Å². The topological polar surface area (TPSA) is 87.2 Å². The van der Waals surface area contributed by atoms with Crippen LogP contribution in [0.4, 0.5) is 5.69 Å². The van der Waals surface area contributed by atoms with Crippen molar-refractivity contribution in [3.05, 3.63) is 39.8 Å². The fourth-order valence-corrected chi connectivity index (χ4v) is 4.52. The zero-order chi connectivity index (χ0) is 21.5. The molecule has 1 atom stereocenters. The Labute approximate surface area is 182 Å². The summed E-state index contributed by atoms with van der Waals surface area (Å²) in [5.74, 6) is 0.0890. The van der Waals surface area contributed by atoms with Gasteiger partial charge in [0.1, 0.15) is 5.01 Å². The summed E-state index contributed by atoms with van der Waals surface area (Å²) in [6.07, 6.45) is 4.58. The van der Waals surface area contributed by atoms with Crippen molar-refractivity contribution in [2.24, 2.45) is 5.92 Å². The first kappa shape index (κ1) is 22.4. The molecule has 2 heterocycles. The van der Waals surface area contributed by atoms with Gasteiger partial charge in [-0.2, -0.15) is 0 Å². The van der Waals surface area contributed by atoms with E-state index >= 15 is 0 Å². The van der Waals surface area contributed by atoms with E-state index in [0.29, 0.717) is 34.8 Å². The molecule has 1 aliphatic heterocycles. The van der Waals surface area contributed by atoms with E-state index in [-0.39, 0.29) is 11.8 Å². The lowest BCUT2D eigenvalue weighted by molar-refractivity contribution is 0.0938. The Morgan fingerprint density at radius 2 is 1.93 bits per heavy atom. The highest BCUT2D eigenvalue weighted by Crippen LogP contribution is 2.17. The molecule has 0 aliphatic carbocycles. The van der Waals surface area contributed by atoms with Gasteiger partial charge >= 0.3 is 0 Å². The minimum absolute atomic E-state index is 0.0972. The molecule has 0 radical (unpaired) electrons. The van der Waals surface area contributed by atoms with Gasteiger partial charge in [0.05, 0.1) is 0 Å². The van der Waals surface area contributed by atoms with E-state index in [1.807, 2.05) is 0 Å². The molecule has 1 aromatic heterocycles. The smallest absolute Gasteiger partial charge is 0.286 e. The van der Waals surface area contributed by atoms with Crippen LogP contribution in [-0.4, -0.2) is 52.6 Å². The molecule has 2 amide bonds. The number of aromatic nitrogens is 2. The predicted octanol–water partition coefficient (Wildman–Crippen LogP) is 3.59. The van der Waals surface area contributed by atoms with Gasteiger partial charge in [0.15, 0.2) is 0 Å². The van der Waals surface area contributed by atoms with Crippen LogP contribution in [0.2, 0.25) is 0 Å². The quantitative estimate of drug-likeness (QED) is 0.670. The van der Waals surface area contributed by atoms with E-state index in [2.05, 4.69) is 46.5 Å². The van der Waals surface area contributed by atoms with Crippen molar-refractivity contribution in [1.82, 2.24) is 20.4 Å². The molecule has 1 saturated heterocycles. The van der Waals surface area contributed by atoms with Gasteiger partial charge in [-0.1, -0.05) is 31.6 Å². The summed E-state index contributed by atoms with van der Waals surface area (Å²) in [7, 11) is 0. The average Bonchev–Trinajstić information content (AvgIpc) is 3.18. The maximum Gasteiger partial charge on any atom is 0.286 e. The molecule has 30 heavy (non-hydrogen) atoms. The maximum atomic E-state index is 12.4. The molecule has 0 unspecified atom stereocenters. The van der Waals surface area contributed by atoms with Crippen molar-refractivity contribution in [1.29, 1.82) is 0 Å². The fraction of sp³-hybridized carbons (Fsp3) is 0.545. The second-order valence-electron chi connectivity index (χ2n) is 8.27. The molecular formula is C22H31N5O2S. The summed E-state index contributed by atoms with van der Waals surface area (Å²) in [5, 5.41) is 15.1. The Balaban J connectivity index is 1.47. The number of hydrogen-bond donors (Lipinski definition) is 2. The van der Waals surface area contributed by atoms with Crippen LogP contribution in [0.5, 0.6) is 0 Å². The Bertz CT molecular complexity index is 849. The first-order chi connectivity index (χ1) is 14.4. The van der Waals surface area contributed by atoms with E-state index in [4.69, 9.17) is 0 Å². The lowest BCUT2D eigenvalue weighted by Crippen LogP contribution is -2.42. The van der Waals surface area contributed by atoms with E-state index in [0.717, 1.165) is 24.5 Å². The van der Waals surface area contributed by atoms with Gasteiger partial charge in [0, 0.05) is 36.8 Å². The summed E-state index contributed by atoms with van der Waals surface area (Å²) in [5.41, 5.74) is 1.20. The fourth-order valence-electron chi connectivity index (χ4n) is 3.57. The molecule has 1 fully saturated rings. The number of nitrogens with one attached hydrogen (secondary N) is 2. The van der Waals surface area contributed by atoms with Crippen LogP contribution in [-0.2, 0) is 6.42 Å². The first-order valence-corrected chi connectivity index (χ1v) is 11.5. The maximum absolute atomic E-state index is 12.4. The van der Waals surface area contributed by atoms with Gasteiger partial charge in [-0.3, -0.25) is 14.5 Å². The Hall–Kier alpha value is -2.32. The van der Waals surface area contributed by atoms with Crippen molar-refractivity contribution in [3.8, 4) is 0 Å². The molecular weight excluding hydrogens is 398 g/mol. The van der Waals surface area contributed by atoms with Crippen LogP contribution in [0, 0.1) is 5.92 Å². The summed E-state index contributed by atoms with van der Waals surface area (Å²) in [4.78, 5) is 27.2. The third kappa shape index (κ3) is 6.34. The number of anilines is 1. The van der Waals surface area contributed by atoms with Gasteiger partial charge in [-0.15, -0.1) is 10.2 Å². The number of carbonyl (C=O) groups is 2. The van der Waals surface area contributed by atoms with E-state index < -0.39 is 0 Å². The molecule has 2 N–H and O–H groups in total. The molecule has 0 bridgehead atoms. The summed E-state index contributed by atoms with van der Waals surface area (Å²) < 4.78 is 0. The molecule has 0 saturated carbocycles. The number of hydrogen-bond acceptors (Lipinski definition) is 6. The van der Waals surface area contributed by atoms with Gasteiger partial charge in [0.25, 0.3) is 11.8 Å². The highest BCUT2D eigenvalue weighted by molar-refractivity contribution is 7.13. The third-order valence-electron chi connectivity index (χ3n) is 5.27. The second-order valence-corrected chi connectivity index (χ2v) is 9.33. The molecule has 8 heteroatoms. The van der Waals surface area contributed by atoms with Crippen LogP contribution in [0.15, 0.2) is 24.3 Å². The molecule has 0 spiro atoms. The van der Waals surface area contributed by atoms with Crippen LogP contribution < -0.4 is 10.6 Å². The average molecular weight is 430 g/mol. The minimum Gasteiger partial charge on any atom is -0.351 e. The Morgan fingerprint density at radius 3 is 2.63 bits per heavy atom. The number of piperidine rings is 1. The zero-order valence-corrected chi connectivity index (χ0v) is 18.8. The molecule has 2 aromatic rings. The SMILES string of the molecule is CC(C)Cc1nnc(C(=O)Nc2ccc(C(=O)NCCN3CCCC[C@H]3C)cc2)s1. The van der Waals surface area contributed by atoms with Gasteiger partial charge < -0.3 is 10.6 Å². The van der Waals surface area contributed by atoms with Crippen LogP contribution >= 0.6 is 11.3 Å². The number of amides is 2. The number of likely N-dealkylation sites (tertiary alicyclic amines) is 1. The highest BCUT2D eigenvalue weighted by Gasteiger charge is 2.18. The normalized spacial score (nSPS) is 17.1. The van der Waals surface area contributed by atoms with Crippen molar-refractivity contribution in [3.63, 3.8) is 0 Å². The van der Waals surface area contributed by atoms with Crippen molar-refractivity contribution in [2.45, 2.75) is 52.5 Å². The molecule has 3 rings (SSSR count). The van der Waals surface area contributed by atoms with E-state index in [1.165, 1.54) is 30.6 Å². The van der Waals surface area contributed by atoms with Gasteiger partial charge in [-0.05, 0) is 56.5 Å². The Morgan fingerprint density at radius 1 is 1.17 bits per heavy atom. The van der Waals surface area contributed by atoms with Crippen molar-refractivity contribution in [2.75, 3.05) is 25.0 Å². The third-order valence-corrected chi connectivity index (χ3v) is 6.22. The second kappa shape index (κ2) is 10.6. The van der Waals surface area contributed by atoms with Crippen molar-refractivity contribution < 1.29 is 9.59 Å². The monoisotopic (exact) mass is 429 g/mol. The van der Waals surface area contributed by atoms with Crippen LogP contribution in [0.3, 0.4) is 0 Å². The predicted molar refractivity (Wildman–Crippen MR) is 120 cm³/mol. The van der Waals surface area contributed by atoms with E-state index in [9.17, 15) is 9.59 Å². The zero-order valence-electron chi connectivity index (χ0n) is 18.0. The first-order valence-electron chi connectivity index (χ1n) is 10.7.